The minimum absolute atomic E-state index is 0.0155. The van der Waals surface area contributed by atoms with Gasteiger partial charge in [0.2, 0.25) is 11.6 Å². The number of ketones is 2. The first-order chi connectivity index (χ1) is 15.7. The molecule has 0 bridgehead atoms. The molecule has 0 atom stereocenters. The van der Waals surface area contributed by atoms with Crippen molar-refractivity contribution in [2.45, 2.75) is 33.2 Å². The lowest BCUT2D eigenvalue weighted by Gasteiger charge is -2.18. The van der Waals surface area contributed by atoms with Crippen LogP contribution < -0.4 is 11.2 Å². The van der Waals surface area contributed by atoms with Crippen LogP contribution in [0.2, 0.25) is 0 Å². The van der Waals surface area contributed by atoms with E-state index in [9.17, 15) is 24.4 Å². The maximum absolute atomic E-state index is 13.6. The number of pyridine rings is 1. The first-order valence-corrected chi connectivity index (χ1v) is 10.2. The highest BCUT2D eigenvalue weighted by molar-refractivity contribution is 6.09. The van der Waals surface area contributed by atoms with Crippen LogP contribution in [0.5, 0.6) is 0 Å². The average molecular weight is 446 g/mol. The fourth-order valence-electron chi connectivity index (χ4n) is 3.62. The third kappa shape index (κ3) is 4.86. The number of aryl methyl sites for hydroxylation is 1. The van der Waals surface area contributed by atoms with E-state index in [2.05, 4.69) is 9.97 Å². The largest absolute Gasteiger partial charge is 0.388 e. The van der Waals surface area contributed by atoms with Crippen molar-refractivity contribution in [1.29, 1.82) is 5.26 Å². The predicted octanol–water partition coefficient (Wildman–Crippen LogP) is 1.69. The Morgan fingerprint density at radius 1 is 1.21 bits per heavy atom. The Hall–Kier alpha value is -4.16. The molecule has 33 heavy (non-hydrogen) atoms. The van der Waals surface area contributed by atoms with Crippen LogP contribution in [-0.4, -0.2) is 37.8 Å². The van der Waals surface area contributed by atoms with Gasteiger partial charge in [-0.1, -0.05) is 13.8 Å². The maximum Gasteiger partial charge on any atom is 0.329 e. The third-order valence-corrected chi connectivity index (χ3v) is 5.09. The molecule has 2 aromatic heterocycles. The molecule has 3 aromatic rings. The van der Waals surface area contributed by atoms with Crippen molar-refractivity contribution in [3.8, 4) is 6.07 Å². The molecule has 0 unspecified atom stereocenters. The van der Waals surface area contributed by atoms with Crippen LogP contribution in [-0.2, 0) is 6.54 Å². The van der Waals surface area contributed by atoms with E-state index in [1.165, 1.54) is 18.3 Å². The number of hydrogen-bond acceptors (Lipinski definition) is 7. The van der Waals surface area contributed by atoms with Gasteiger partial charge >= 0.3 is 5.69 Å². The fraction of sp³-hybridized carbons (Fsp3) is 0.250. The number of nitriles is 1. The number of H-pyrrole nitrogens is 1. The molecular weight excluding hydrogens is 424 g/mol. The minimum atomic E-state index is -0.784. The van der Waals surface area contributed by atoms with Crippen molar-refractivity contribution in [2.24, 2.45) is 0 Å². The van der Waals surface area contributed by atoms with Crippen LogP contribution in [0.4, 0.5) is 0 Å². The predicted molar refractivity (Wildman–Crippen MR) is 119 cm³/mol. The van der Waals surface area contributed by atoms with Crippen LogP contribution in [0.25, 0.3) is 0 Å². The molecule has 0 spiro atoms. The normalized spacial score (nSPS) is 10.8. The number of hydrogen-bond donors (Lipinski definition) is 2. The van der Waals surface area contributed by atoms with E-state index in [1.54, 1.807) is 39.0 Å². The summed E-state index contributed by atoms with van der Waals surface area (Å²) in [5.41, 5.74) is 0.247. The van der Waals surface area contributed by atoms with Crippen LogP contribution in [0.1, 0.15) is 68.6 Å². The standard InChI is InChI=1S/C24H22N4O5/c1-13(2)20-21(22(31)17-7-14(3)6-16(8-17)10-25)28(24(33)27-23(20)32)11-15-4-5-26-18(9-15)19(30)12-29/h4-9,13,29H,11-12H2,1-3H3,(H,27,32,33). The van der Waals surface area contributed by atoms with Gasteiger partial charge in [-0.2, -0.15) is 5.26 Å². The quantitative estimate of drug-likeness (QED) is 0.525. The van der Waals surface area contributed by atoms with Crippen LogP contribution >= 0.6 is 0 Å². The van der Waals surface area contributed by atoms with Crippen LogP contribution in [0.3, 0.4) is 0 Å². The number of aromatic amines is 1. The number of benzene rings is 1. The lowest BCUT2D eigenvalue weighted by atomic mass is 9.95. The van der Waals surface area contributed by atoms with Crippen LogP contribution in [0, 0.1) is 18.3 Å². The van der Waals surface area contributed by atoms with Gasteiger partial charge < -0.3 is 5.11 Å². The molecule has 3 rings (SSSR count). The molecule has 0 aliphatic rings. The second-order valence-electron chi connectivity index (χ2n) is 7.92. The summed E-state index contributed by atoms with van der Waals surface area (Å²) in [4.78, 5) is 57.1. The smallest absolute Gasteiger partial charge is 0.329 e. The summed E-state index contributed by atoms with van der Waals surface area (Å²) in [7, 11) is 0. The molecule has 0 saturated carbocycles. The fourth-order valence-corrected chi connectivity index (χ4v) is 3.62. The highest BCUT2D eigenvalue weighted by Crippen LogP contribution is 2.20. The number of aromatic nitrogens is 3. The van der Waals surface area contributed by atoms with Crippen molar-refractivity contribution in [1.82, 2.24) is 14.5 Å². The Labute approximate surface area is 189 Å². The summed E-state index contributed by atoms with van der Waals surface area (Å²) in [6.45, 7) is 4.37. The van der Waals surface area contributed by atoms with E-state index in [0.717, 1.165) is 4.57 Å². The monoisotopic (exact) mass is 446 g/mol. The average Bonchev–Trinajstić information content (AvgIpc) is 2.78. The van der Waals surface area contributed by atoms with E-state index >= 15 is 0 Å². The van der Waals surface area contributed by atoms with Gasteiger partial charge in [0, 0.05) is 17.3 Å². The van der Waals surface area contributed by atoms with Crippen molar-refractivity contribution in [3.63, 3.8) is 0 Å². The summed E-state index contributed by atoms with van der Waals surface area (Å²) >= 11 is 0. The molecule has 2 N–H and O–H groups in total. The van der Waals surface area contributed by atoms with E-state index < -0.39 is 29.4 Å². The number of Topliss-reactive ketones (excluding diaryl/α,β-unsaturated/α-hetero) is 1. The minimum Gasteiger partial charge on any atom is -0.388 e. The Morgan fingerprint density at radius 3 is 2.58 bits per heavy atom. The Kier molecular flexibility index (Phi) is 6.80. The van der Waals surface area contributed by atoms with Crippen molar-refractivity contribution >= 4 is 11.6 Å². The number of carbonyl (C=O) groups is 2. The zero-order valence-corrected chi connectivity index (χ0v) is 18.4. The summed E-state index contributed by atoms with van der Waals surface area (Å²) in [5, 5.41) is 18.4. The van der Waals surface area contributed by atoms with Gasteiger partial charge in [-0.25, -0.2) is 4.79 Å². The molecule has 2 heterocycles. The molecule has 0 radical (unpaired) electrons. The number of carbonyl (C=O) groups excluding carboxylic acids is 2. The maximum atomic E-state index is 13.6. The van der Waals surface area contributed by atoms with Gasteiger partial charge in [0.1, 0.15) is 18.0 Å². The van der Waals surface area contributed by atoms with Gasteiger partial charge in [-0.3, -0.25) is 28.9 Å². The zero-order valence-electron chi connectivity index (χ0n) is 18.4. The number of aliphatic hydroxyl groups excluding tert-OH is 1. The summed E-state index contributed by atoms with van der Waals surface area (Å²) in [5.74, 6) is -1.54. The Morgan fingerprint density at radius 2 is 1.94 bits per heavy atom. The van der Waals surface area contributed by atoms with Crippen molar-refractivity contribution in [3.05, 3.63) is 96.6 Å². The van der Waals surface area contributed by atoms with E-state index in [0.29, 0.717) is 11.1 Å². The van der Waals surface area contributed by atoms with E-state index in [-0.39, 0.29) is 40.5 Å². The number of nitrogens with zero attached hydrogens (tertiary/aromatic N) is 3. The van der Waals surface area contributed by atoms with Gasteiger partial charge in [-0.05, 0) is 54.3 Å². The van der Waals surface area contributed by atoms with E-state index in [4.69, 9.17) is 5.11 Å². The lowest BCUT2D eigenvalue weighted by molar-refractivity contribution is 0.0898. The van der Waals surface area contributed by atoms with Crippen molar-refractivity contribution in [2.75, 3.05) is 6.61 Å². The third-order valence-electron chi connectivity index (χ3n) is 5.09. The van der Waals surface area contributed by atoms with Gasteiger partial charge in [0.25, 0.3) is 5.56 Å². The Bertz CT molecular complexity index is 1410. The SMILES string of the molecule is Cc1cc(C#N)cc(C(=O)c2c(C(C)C)c(=O)[nH]c(=O)n2Cc2ccnc(C(=O)CO)c2)c1. The van der Waals surface area contributed by atoms with Gasteiger partial charge in [0.05, 0.1) is 18.2 Å². The van der Waals surface area contributed by atoms with Crippen molar-refractivity contribution < 1.29 is 14.7 Å². The van der Waals surface area contributed by atoms with E-state index in [1.807, 2.05) is 6.07 Å². The summed E-state index contributed by atoms with van der Waals surface area (Å²) in [6, 6.07) is 9.62. The lowest BCUT2D eigenvalue weighted by Crippen LogP contribution is -2.38. The highest BCUT2D eigenvalue weighted by Gasteiger charge is 2.25. The number of aliphatic hydroxyl groups is 1. The Balaban J connectivity index is 2.25. The topological polar surface area (TPSA) is 146 Å². The second-order valence-corrected chi connectivity index (χ2v) is 7.92. The molecule has 0 aliphatic carbocycles. The molecule has 0 fully saturated rings. The summed E-state index contributed by atoms with van der Waals surface area (Å²) < 4.78 is 1.15. The molecule has 168 valence electrons. The molecule has 9 nitrogen and oxygen atoms in total. The first-order valence-electron chi connectivity index (χ1n) is 10.2. The molecule has 0 saturated heterocycles. The first kappa shape index (κ1) is 23.5. The molecule has 1 aromatic carbocycles. The molecule has 0 amide bonds. The summed E-state index contributed by atoms with van der Waals surface area (Å²) in [6.07, 6.45) is 1.36. The number of nitrogens with one attached hydrogen (secondary N) is 1. The second kappa shape index (κ2) is 9.54. The van der Waals surface area contributed by atoms with Crippen LogP contribution in [0.15, 0.2) is 46.1 Å². The molecule has 0 aliphatic heterocycles. The van der Waals surface area contributed by atoms with Gasteiger partial charge in [-0.15, -0.1) is 0 Å². The molecular formula is C24H22N4O5. The zero-order chi connectivity index (χ0) is 24.3. The number of rotatable bonds is 7. The highest BCUT2D eigenvalue weighted by atomic mass is 16.3. The molecule has 9 heteroatoms. The van der Waals surface area contributed by atoms with Gasteiger partial charge in [0.15, 0.2) is 0 Å².